The number of halogens is 2. The number of nitrogens with zero attached hydrogens (tertiary/aromatic N) is 3. The van der Waals surface area contributed by atoms with Gasteiger partial charge in [0.1, 0.15) is 11.6 Å². The van der Waals surface area contributed by atoms with Crippen molar-refractivity contribution in [2.24, 2.45) is 0 Å². The number of carbonyl (C=O) groups is 1. The van der Waals surface area contributed by atoms with Crippen LogP contribution in [0.5, 0.6) is 0 Å². The van der Waals surface area contributed by atoms with Gasteiger partial charge in [-0.3, -0.25) is 4.79 Å². The van der Waals surface area contributed by atoms with Crippen LogP contribution in [0.25, 0.3) is 11.1 Å². The fraction of sp³-hybridized carbons (Fsp3) is 0.312. The van der Waals surface area contributed by atoms with E-state index in [1.54, 1.807) is 7.05 Å². The average molecular weight is 305 g/mol. The molecule has 1 amide bonds. The maximum absolute atomic E-state index is 13.7. The highest BCUT2D eigenvalue weighted by molar-refractivity contribution is 5.90. The van der Waals surface area contributed by atoms with Gasteiger partial charge in [0.15, 0.2) is 0 Å². The molecule has 0 N–H and O–H groups in total. The standard InChI is InChI=1S/C16H17F2N3O/c1-16(2,3)21(4)15(22)14-19-8-10(9-20-14)12-7-11(17)5-6-13(12)18/h5-9H,1-4H3. The van der Waals surface area contributed by atoms with Crippen LogP contribution in [0.3, 0.4) is 0 Å². The van der Waals surface area contributed by atoms with Gasteiger partial charge in [-0.05, 0) is 39.0 Å². The molecular formula is C16H17F2N3O. The summed E-state index contributed by atoms with van der Waals surface area (Å²) in [6.07, 6.45) is 2.63. The van der Waals surface area contributed by atoms with Crippen LogP contribution in [-0.2, 0) is 0 Å². The highest BCUT2D eigenvalue weighted by Crippen LogP contribution is 2.22. The van der Waals surface area contributed by atoms with Gasteiger partial charge in [0.25, 0.3) is 5.91 Å². The third-order valence-corrected chi connectivity index (χ3v) is 3.39. The van der Waals surface area contributed by atoms with E-state index in [9.17, 15) is 13.6 Å². The van der Waals surface area contributed by atoms with E-state index in [2.05, 4.69) is 9.97 Å². The van der Waals surface area contributed by atoms with Crippen LogP contribution in [0.2, 0.25) is 0 Å². The van der Waals surface area contributed by atoms with Crippen molar-refractivity contribution in [3.8, 4) is 11.1 Å². The van der Waals surface area contributed by atoms with Crippen molar-refractivity contribution in [2.75, 3.05) is 7.05 Å². The largest absolute Gasteiger partial charge is 0.334 e. The highest BCUT2D eigenvalue weighted by atomic mass is 19.1. The summed E-state index contributed by atoms with van der Waals surface area (Å²) < 4.78 is 26.9. The van der Waals surface area contributed by atoms with Crippen molar-refractivity contribution < 1.29 is 13.6 Å². The molecule has 0 radical (unpaired) electrons. The minimum absolute atomic E-state index is 0.0120. The lowest BCUT2D eigenvalue weighted by atomic mass is 10.1. The third-order valence-electron chi connectivity index (χ3n) is 3.39. The first-order valence-corrected chi connectivity index (χ1v) is 6.76. The summed E-state index contributed by atoms with van der Waals surface area (Å²) >= 11 is 0. The third kappa shape index (κ3) is 3.27. The van der Waals surface area contributed by atoms with Gasteiger partial charge < -0.3 is 4.90 Å². The summed E-state index contributed by atoms with van der Waals surface area (Å²) in [5.74, 6) is -1.45. The Bertz CT molecular complexity index is 694. The first kappa shape index (κ1) is 16.0. The Labute approximate surface area is 127 Å². The van der Waals surface area contributed by atoms with Crippen LogP contribution in [0, 0.1) is 11.6 Å². The van der Waals surface area contributed by atoms with Crippen molar-refractivity contribution in [3.05, 3.63) is 48.1 Å². The first-order chi connectivity index (χ1) is 10.2. The molecular weight excluding hydrogens is 288 g/mol. The van der Waals surface area contributed by atoms with Crippen LogP contribution in [0.1, 0.15) is 31.4 Å². The van der Waals surface area contributed by atoms with Crippen LogP contribution >= 0.6 is 0 Å². The molecule has 0 saturated heterocycles. The molecule has 1 aromatic carbocycles. The van der Waals surface area contributed by atoms with Crippen molar-refractivity contribution in [1.29, 1.82) is 0 Å². The quantitative estimate of drug-likeness (QED) is 0.855. The molecule has 0 bridgehead atoms. The van der Waals surface area contributed by atoms with Crippen LogP contribution in [0.15, 0.2) is 30.6 Å². The fourth-order valence-corrected chi connectivity index (χ4v) is 1.75. The maximum atomic E-state index is 13.7. The van der Waals surface area contributed by atoms with E-state index in [0.717, 1.165) is 18.2 Å². The molecule has 22 heavy (non-hydrogen) atoms. The van der Waals surface area contributed by atoms with Gasteiger partial charge in [0.2, 0.25) is 5.82 Å². The molecule has 6 heteroatoms. The molecule has 0 aliphatic carbocycles. The van der Waals surface area contributed by atoms with Gasteiger partial charge in [-0.2, -0.15) is 0 Å². The number of benzene rings is 1. The maximum Gasteiger partial charge on any atom is 0.291 e. The molecule has 0 atom stereocenters. The van der Waals surface area contributed by atoms with E-state index in [1.807, 2.05) is 20.8 Å². The minimum Gasteiger partial charge on any atom is -0.334 e. The second kappa shape index (κ2) is 5.79. The number of hydrogen-bond donors (Lipinski definition) is 0. The Hall–Kier alpha value is -2.37. The van der Waals surface area contributed by atoms with Crippen molar-refractivity contribution in [2.45, 2.75) is 26.3 Å². The predicted molar refractivity (Wildman–Crippen MR) is 79.2 cm³/mol. The van der Waals surface area contributed by atoms with Gasteiger partial charge >= 0.3 is 0 Å². The summed E-state index contributed by atoms with van der Waals surface area (Å²) in [6, 6.07) is 3.14. The van der Waals surface area contributed by atoms with E-state index in [0.29, 0.717) is 5.56 Å². The van der Waals surface area contributed by atoms with Gasteiger partial charge in [0.05, 0.1) is 0 Å². The molecule has 4 nitrogen and oxygen atoms in total. The number of hydrogen-bond acceptors (Lipinski definition) is 3. The summed E-state index contributed by atoms with van der Waals surface area (Å²) in [5.41, 5.74) is 0.00322. The smallest absolute Gasteiger partial charge is 0.291 e. The van der Waals surface area contributed by atoms with E-state index in [-0.39, 0.29) is 22.8 Å². The summed E-state index contributed by atoms with van der Waals surface area (Å²) in [6.45, 7) is 5.67. The Kier molecular flexibility index (Phi) is 4.21. The van der Waals surface area contributed by atoms with Crippen LogP contribution in [-0.4, -0.2) is 33.4 Å². The van der Waals surface area contributed by atoms with Gasteiger partial charge in [0, 0.05) is 36.1 Å². The zero-order valence-corrected chi connectivity index (χ0v) is 12.9. The number of amides is 1. The lowest BCUT2D eigenvalue weighted by molar-refractivity contribution is 0.0643. The minimum atomic E-state index is -0.573. The molecule has 0 fully saturated rings. The molecule has 0 unspecified atom stereocenters. The van der Waals surface area contributed by atoms with Crippen molar-refractivity contribution in [3.63, 3.8) is 0 Å². The van der Waals surface area contributed by atoms with E-state index in [1.165, 1.54) is 17.3 Å². The Morgan fingerprint density at radius 2 is 1.73 bits per heavy atom. The topological polar surface area (TPSA) is 46.1 Å². The lowest BCUT2D eigenvalue weighted by Crippen LogP contribution is -2.43. The van der Waals surface area contributed by atoms with Gasteiger partial charge in [-0.15, -0.1) is 0 Å². The van der Waals surface area contributed by atoms with Crippen LogP contribution in [0.4, 0.5) is 8.78 Å². The van der Waals surface area contributed by atoms with E-state index >= 15 is 0 Å². The van der Waals surface area contributed by atoms with Crippen molar-refractivity contribution in [1.82, 2.24) is 14.9 Å². The normalized spacial score (nSPS) is 11.4. The zero-order chi connectivity index (χ0) is 16.5. The Morgan fingerprint density at radius 1 is 1.14 bits per heavy atom. The summed E-state index contributed by atoms with van der Waals surface area (Å²) in [4.78, 5) is 21.7. The van der Waals surface area contributed by atoms with E-state index in [4.69, 9.17) is 0 Å². The number of carbonyl (C=O) groups excluding carboxylic acids is 1. The second-order valence-corrected chi connectivity index (χ2v) is 5.95. The summed E-state index contributed by atoms with van der Waals surface area (Å²) in [7, 11) is 1.66. The average Bonchev–Trinajstić information content (AvgIpc) is 2.47. The molecule has 0 spiro atoms. The second-order valence-electron chi connectivity index (χ2n) is 5.95. The molecule has 1 heterocycles. The highest BCUT2D eigenvalue weighted by Gasteiger charge is 2.25. The molecule has 0 aliphatic heterocycles. The van der Waals surface area contributed by atoms with Crippen LogP contribution < -0.4 is 0 Å². The summed E-state index contributed by atoms with van der Waals surface area (Å²) in [5, 5.41) is 0. The van der Waals surface area contributed by atoms with Gasteiger partial charge in [-0.1, -0.05) is 0 Å². The Morgan fingerprint density at radius 3 is 2.27 bits per heavy atom. The van der Waals surface area contributed by atoms with Crippen molar-refractivity contribution >= 4 is 5.91 Å². The Balaban J connectivity index is 2.31. The molecule has 2 rings (SSSR count). The monoisotopic (exact) mass is 305 g/mol. The first-order valence-electron chi connectivity index (χ1n) is 6.76. The zero-order valence-electron chi connectivity index (χ0n) is 12.9. The molecule has 2 aromatic rings. The number of rotatable bonds is 2. The SMILES string of the molecule is CN(C(=O)c1ncc(-c2cc(F)ccc2F)cn1)C(C)(C)C. The fourth-order valence-electron chi connectivity index (χ4n) is 1.75. The predicted octanol–water partition coefficient (Wildman–Crippen LogP) is 3.29. The van der Waals surface area contributed by atoms with E-state index < -0.39 is 11.6 Å². The molecule has 116 valence electrons. The lowest BCUT2D eigenvalue weighted by Gasteiger charge is -2.31. The molecule has 0 aliphatic rings. The van der Waals surface area contributed by atoms with Gasteiger partial charge in [-0.25, -0.2) is 18.7 Å². The molecule has 1 aromatic heterocycles. The molecule has 0 saturated carbocycles. The number of aromatic nitrogens is 2.